The van der Waals surface area contributed by atoms with Crippen LogP contribution in [-0.2, 0) is 70.7 Å². The minimum Gasteiger partial charge on any atom is -0.508 e. The Morgan fingerprint density at radius 3 is 2.05 bits per heavy atom. The molecule has 2 aliphatic heterocycles. The van der Waals surface area contributed by atoms with Crippen molar-refractivity contribution in [3.8, 4) is 5.75 Å². The van der Waals surface area contributed by atoms with Crippen LogP contribution in [0.5, 0.6) is 5.75 Å². The SMILES string of the molecule is CC[C@H](C)[C@@H]1NC(=O)[C@H](Cc2ccc(O)cc2)NC(=O)CCSCc2cccc(c2)CSC[C@@H](C(=O)N2CCC[C@H]2C(=O)N[C@@H](CC(C)C)C(=O)NCC(N)=O)NC(=O)[C@H](CC(N)=O)NC(=O)[C@H](CCC(N)=O)NC1=O. The van der Waals surface area contributed by atoms with Crippen molar-refractivity contribution < 1.29 is 57.8 Å². The summed E-state index contributed by atoms with van der Waals surface area (Å²) >= 11 is 2.76. The predicted octanol–water partition coefficient (Wildman–Crippen LogP) is -0.761. The van der Waals surface area contributed by atoms with Gasteiger partial charge in [-0.25, -0.2) is 0 Å². The van der Waals surface area contributed by atoms with Crippen molar-refractivity contribution in [2.75, 3.05) is 24.6 Å². The average molecular weight is 1100 g/mol. The van der Waals surface area contributed by atoms with E-state index < -0.39 is 139 Å². The molecule has 11 amide bonds. The van der Waals surface area contributed by atoms with E-state index >= 15 is 0 Å². The van der Waals surface area contributed by atoms with E-state index in [0.717, 1.165) is 11.1 Å². The molecular weight excluding hydrogens is 1020 g/mol. The second kappa shape index (κ2) is 30.6. The summed E-state index contributed by atoms with van der Waals surface area (Å²) in [7, 11) is 0. The highest BCUT2D eigenvalue weighted by Gasteiger charge is 2.41. The summed E-state index contributed by atoms with van der Waals surface area (Å²) in [5, 5.41) is 28.2. The maximum atomic E-state index is 14.7. The maximum Gasteiger partial charge on any atom is 0.246 e. The van der Waals surface area contributed by atoms with Crippen LogP contribution in [0.3, 0.4) is 0 Å². The number of rotatable bonds is 17. The molecule has 23 nitrogen and oxygen atoms in total. The first kappa shape index (κ1) is 61.7. The number of aromatic hydroxyl groups is 1. The number of hydrogen-bond acceptors (Lipinski definition) is 14. The molecule has 0 spiro atoms. The fourth-order valence-corrected chi connectivity index (χ4v) is 10.4. The molecule has 14 N–H and O–H groups in total. The third-order valence-electron chi connectivity index (χ3n) is 12.7. The average Bonchev–Trinajstić information content (AvgIpc) is 3.86. The molecule has 0 unspecified atom stereocenters. The van der Waals surface area contributed by atoms with E-state index in [1.807, 2.05) is 38.1 Å². The Balaban J connectivity index is 1.71. The van der Waals surface area contributed by atoms with Crippen molar-refractivity contribution in [2.45, 2.75) is 139 Å². The van der Waals surface area contributed by atoms with Gasteiger partial charge in [-0.1, -0.05) is 70.5 Å². The molecule has 8 atom stereocenters. The second-order valence-corrected chi connectivity index (χ2v) is 21.6. The first-order valence-electron chi connectivity index (χ1n) is 25.3. The van der Waals surface area contributed by atoms with Crippen LogP contribution in [0, 0.1) is 11.8 Å². The Hall–Kier alpha value is -6.89. The standard InChI is InChI=1S/C51H73N11O12S2/c1-5-29(4)44-50(73)57-34(15-16-40(52)64)46(69)58-37(23-41(53)65)47(70)60-38(51(74)62-18-7-10-39(62)49(72)59-35(20-28(2)3)45(68)55-24-42(54)66)27-76-26-32-9-6-8-31(21-32)25-75-19-17-43(67)56-36(48(71)61-44)22-30-11-13-33(63)14-12-30/h6,8-9,11-14,21,28-29,34-39,44,63H,5,7,10,15-20,22-27H2,1-4H3,(H2,52,64)(H2,53,65)(H2,54,66)(H,55,68)(H,56,67)(H,57,73)(H,58,69)(H,59,72)(H,60,70)(H,61,71)/t29-,34-,35-,36-,37-,38-,39-,44-/m0/s1. The molecule has 2 aliphatic rings. The first-order valence-corrected chi connectivity index (χ1v) is 27.6. The van der Waals surface area contributed by atoms with Gasteiger partial charge in [0.05, 0.1) is 13.0 Å². The molecular formula is C51H73N11O12S2. The normalized spacial score (nSPS) is 22.4. The van der Waals surface area contributed by atoms with Gasteiger partial charge in [-0.3, -0.25) is 52.7 Å². The van der Waals surface area contributed by atoms with Crippen molar-refractivity contribution in [3.63, 3.8) is 0 Å². The number of carbonyl (C=O) groups excluding carboxylic acids is 11. The van der Waals surface area contributed by atoms with Crippen LogP contribution < -0.4 is 54.4 Å². The highest BCUT2D eigenvalue weighted by atomic mass is 32.2. The molecule has 0 aromatic heterocycles. The van der Waals surface area contributed by atoms with E-state index in [1.165, 1.54) is 40.6 Å². The number of likely N-dealkylation sites (tertiary alicyclic amines) is 1. The lowest BCUT2D eigenvalue weighted by Gasteiger charge is -2.31. The number of phenols is 1. The highest BCUT2D eigenvalue weighted by molar-refractivity contribution is 7.98. The molecule has 0 saturated carbocycles. The van der Waals surface area contributed by atoms with Crippen LogP contribution in [0.4, 0.5) is 0 Å². The Kier molecular flexibility index (Phi) is 24.8. The maximum absolute atomic E-state index is 14.7. The van der Waals surface area contributed by atoms with Crippen LogP contribution in [0.1, 0.15) is 95.8 Å². The van der Waals surface area contributed by atoms with Crippen molar-refractivity contribution >= 4 is 88.5 Å². The van der Waals surface area contributed by atoms with E-state index in [1.54, 1.807) is 26.0 Å². The molecule has 76 heavy (non-hydrogen) atoms. The van der Waals surface area contributed by atoms with Gasteiger partial charge in [0.25, 0.3) is 0 Å². The van der Waals surface area contributed by atoms with Gasteiger partial charge >= 0.3 is 0 Å². The molecule has 2 aromatic rings. The number of primary amides is 3. The number of phenolic OH excluding ortho intramolecular Hbond substituents is 1. The zero-order valence-corrected chi connectivity index (χ0v) is 45.0. The number of benzene rings is 2. The van der Waals surface area contributed by atoms with Gasteiger partial charge in [0, 0.05) is 48.8 Å². The van der Waals surface area contributed by atoms with Gasteiger partial charge in [-0.15, -0.1) is 0 Å². The van der Waals surface area contributed by atoms with Crippen LogP contribution in [0.15, 0.2) is 48.5 Å². The number of hydrogen-bond donors (Lipinski definition) is 11. The van der Waals surface area contributed by atoms with E-state index in [9.17, 15) is 57.8 Å². The largest absolute Gasteiger partial charge is 0.508 e. The van der Waals surface area contributed by atoms with Gasteiger partial charge in [0.2, 0.25) is 65.0 Å². The highest BCUT2D eigenvalue weighted by Crippen LogP contribution is 2.24. The zero-order chi connectivity index (χ0) is 56.1. The molecule has 4 rings (SSSR count). The summed E-state index contributed by atoms with van der Waals surface area (Å²) in [6, 6.07) is 4.30. The number of amides is 11. The number of thioether (sulfide) groups is 2. The molecule has 2 bridgehead atoms. The monoisotopic (exact) mass is 1100 g/mol. The van der Waals surface area contributed by atoms with Crippen LogP contribution in [0.25, 0.3) is 0 Å². The molecule has 1 saturated heterocycles. The second-order valence-electron chi connectivity index (χ2n) is 19.4. The Morgan fingerprint density at radius 2 is 1.42 bits per heavy atom. The van der Waals surface area contributed by atoms with Crippen molar-refractivity contribution in [3.05, 3.63) is 65.2 Å². The topological polar surface area (TPSA) is 374 Å². The molecule has 25 heteroatoms. The van der Waals surface area contributed by atoms with E-state index in [4.69, 9.17) is 17.2 Å². The third-order valence-corrected chi connectivity index (χ3v) is 14.8. The predicted molar refractivity (Wildman–Crippen MR) is 285 cm³/mol. The lowest BCUT2D eigenvalue weighted by molar-refractivity contribution is -0.142. The number of carbonyl (C=O) groups is 11. The van der Waals surface area contributed by atoms with Crippen molar-refractivity contribution in [2.24, 2.45) is 29.0 Å². The van der Waals surface area contributed by atoms with Gasteiger partial charge in [-0.05, 0) is 66.3 Å². The summed E-state index contributed by atoms with van der Waals surface area (Å²) in [5.74, 6) is -8.20. The van der Waals surface area contributed by atoms with E-state index in [2.05, 4.69) is 37.2 Å². The minimum atomic E-state index is -1.75. The van der Waals surface area contributed by atoms with Gasteiger partial charge in [-0.2, -0.15) is 23.5 Å². The number of nitrogens with one attached hydrogen (secondary N) is 7. The van der Waals surface area contributed by atoms with Gasteiger partial charge < -0.3 is 64.4 Å². The van der Waals surface area contributed by atoms with Crippen LogP contribution >= 0.6 is 23.5 Å². The molecule has 416 valence electrons. The Morgan fingerprint density at radius 1 is 0.776 bits per heavy atom. The van der Waals surface area contributed by atoms with Crippen LogP contribution in [-0.4, -0.2) is 142 Å². The van der Waals surface area contributed by atoms with Gasteiger partial charge in [0.1, 0.15) is 48.0 Å². The lowest BCUT2D eigenvalue weighted by Crippen LogP contribution is -2.61. The van der Waals surface area contributed by atoms with Crippen molar-refractivity contribution in [1.82, 2.24) is 42.1 Å². The number of fused-ring (bicyclic) bond motifs is 2. The molecule has 2 heterocycles. The molecule has 1 fully saturated rings. The van der Waals surface area contributed by atoms with E-state index in [-0.39, 0.29) is 49.6 Å². The summed E-state index contributed by atoms with van der Waals surface area (Å²) in [4.78, 5) is 150. The first-order chi connectivity index (χ1) is 36.0. The van der Waals surface area contributed by atoms with E-state index in [0.29, 0.717) is 35.7 Å². The molecule has 0 aliphatic carbocycles. The molecule has 2 aromatic carbocycles. The fourth-order valence-electron chi connectivity index (χ4n) is 8.48. The number of nitrogens with zero attached hydrogens (tertiary/aromatic N) is 1. The summed E-state index contributed by atoms with van der Waals surface area (Å²) in [5.41, 5.74) is 18.7. The molecule has 0 radical (unpaired) electrons. The lowest BCUT2D eigenvalue weighted by atomic mass is 9.96. The Labute approximate surface area is 450 Å². The number of nitrogens with two attached hydrogens (primary N) is 3. The summed E-state index contributed by atoms with van der Waals surface area (Å²) in [6.07, 6.45) is -0.443. The quantitative estimate of drug-likeness (QED) is 0.0928. The Bertz CT molecular complexity index is 2410. The fraction of sp³-hybridized carbons (Fsp3) is 0.549. The van der Waals surface area contributed by atoms with Gasteiger partial charge in [0.15, 0.2) is 0 Å². The van der Waals surface area contributed by atoms with Crippen LogP contribution in [0.2, 0.25) is 0 Å². The summed E-state index contributed by atoms with van der Waals surface area (Å²) in [6.45, 7) is 6.76. The zero-order valence-electron chi connectivity index (χ0n) is 43.4. The van der Waals surface area contributed by atoms with Crippen molar-refractivity contribution in [1.29, 1.82) is 0 Å². The third kappa shape index (κ3) is 20.3. The summed E-state index contributed by atoms with van der Waals surface area (Å²) < 4.78 is 0. The minimum absolute atomic E-state index is 0.0107. The smallest absolute Gasteiger partial charge is 0.246 e.